The molecule has 35 heavy (non-hydrogen) atoms. The Hall–Kier alpha value is -3.62. The molecular weight excluding hydrogens is 489 g/mol. The molecule has 10 heteroatoms. The number of ether oxygens (including phenoxy) is 1. The second-order valence-electron chi connectivity index (χ2n) is 8.15. The van der Waals surface area contributed by atoms with Gasteiger partial charge in [-0.05, 0) is 56.3 Å². The van der Waals surface area contributed by atoms with Gasteiger partial charge in [-0.3, -0.25) is 14.2 Å². The van der Waals surface area contributed by atoms with Crippen LogP contribution in [0.1, 0.15) is 13.8 Å². The van der Waals surface area contributed by atoms with E-state index in [1.807, 2.05) is 13.8 Å². The van der Waals surface area contributed by atoms with Gasteiger partial charge in [-0.2, -0.15) is 4.98 Å². The van der Waals surface area contributed by atoms with Crippen molar-refractivity contribution in [3.63, 3.8) is 0 Å². The van der Waals surface area contributed by atoms with E-state index in [9.17, 15) is 9.59 Å². The molecule has 0 aliphatic carbocycles. The van der Waals surface area contributed by atoms with Crippen molar-refractivity contribution in [3.8, 4) is 16.9 Å². The molecule has 0 fully saturated rings. The molecule has 2 N–H and O–H groups in total. The fraction of sp³-hybridized carbons (Fsp3) is 0.200. The molecule has 0 saturated heterocycles. The largest absolute Gasteiger partial charge is 0.484 e. The molecule has 0 aliphatic heterocycles. The van der Waals surface area contributed by atoms with Crippen LogP contribution in [-0.4, -0.2) is 33.1 Å². The molecule has 0 unspecified atom stereocenters. The first-order valence-corrected chi connectivity index (χ1v) is 11.6. The van der Waals surface area contributed by atoms with Crippen molar-refractivity contribution in [1.82, 2.24) is 19.9 Å². The number of halogens is 2. The van der Waals surface area contributed by atoms with Crippen LogP contribution in [0, 0.1) is 0 Å². The quantitative estimate of drug-likeness (QED) is 0.364. The maximum Gasteiger partial charge on any atom is 0.259 e. The summed E-state index contributed by atoms with van der Waals surface area (Å²) in [5.41, 5.74) is 1.74. The number of anilines is 2. The predicted octanol–water partition coefficient (Wildman–Crippen LogP) is 4.95. The third kappa shape index (κ3) is 5.55. The molecule has 0 atom stereocenters. The predicted molar refractivity (Wildman–Crippen MR) is 139 cm³/mol. The number of carbonyl (C=O) groups is 1. The van der Waals surface area contributed by atoms with E-state index in [1.165, 1.54) is 4.57 Å². The highest BCUT2D eigenvalue weighted by Crippen LogP contribution is 2.33. The van der Waals surface area contributed by atoms with E-state index in [-0.39, 0.29) is 24.1 Å². The van der Waals surface area contributed by atoms with Gasteiger partial charge in [-0.15, -0.1) is 0 Å². The van der Waals surface area contributed by atoms with E-state index < -0.39 is 0 Å². The van der Waals surface area contributed by atoms with Crippen LogP contribution in [0.25, 0.3) is 22.2 Å². The smallest absolute Gasteiger partial charge is 0.259 e. The van der Waals surface area contributed by atoms with Gasteiger partial charge in [0.15, 0.2) is 6.61 Å². The number of nitrogens with zero attached hydrogens (tertiary/aromatic N) is 3. The van der Waals surface area contributed by atoms with Crippen LogP contribution in [0.4, 0.5) is 11.6 Å². The molecule has 1 amide bonds. The molecule has 0 spiro atoms. The highest BCUT2D eigenvalue weighted by Gasteiger charge is 2.16. The average molecular weight is 512 g/mol. The van der Waals surface area contributed by atoms with Crippen LogP contribution in [0.5, 0.6) is 5.75 Å². The third-order valence-corrected chi connectivity index (χ3v) is 5.74. The maximum absolute atomic E-state index is 13.1. The number of carbonyl (C=O) groups excluding carboxylic acids is 1. The highest BCUT2D eigenvalue weighted by molar-refractivity contribution is 6.39. The summed E-state index contributed by atoms with van der Waals surface area (Å²) in [6, 6.07) is 13.9. The Kier molecular flexibility index (Phi) is 7.23. The van der Waals surface area contributed by atoms with Crippen LogP contribution < -0.4 is 20.9 Å². The zero-order valence-electron chi connectivity index (χ0n) is 19.3. The zero-order valence-corrected chi connectivity index (χ0v) is 20.8. The van der Waals surface area contributed by atoms with Crippen LogP contribution in [0.15, 0.2) is 59.5 Å². The van der Waals surface area contributed by atoms with Crippen molar-refractivity contribution in [2.45, 2.75) is 19.9 Å². The summed E-state index contributed by atoms with van der Waals surface area (Å²) < 4.78 is 6.94. The molecule has 8 nitrogen and oxygen atoms in total. The number of benzene rings is 2. The standard InChI is InChI=1S/C25H23Cl2N5O3/c1-14(2)29-21(33)13-35-17-9-7-16(8-10-17)30-25-28-12-15-11-18(24(34)32(3)23(15)31-25)22-19(26)5-4-6-20(22)27/h4-12,14H,13H2,1-3H3,(H,29,33)(H,28,30,31). The van der Waals surface area contributed by atoms with E-state index in [0.29, 0.717) is 49.6 Å². The van der Waals surface area contributed by atoms with Crippen LogP contribution in [0.2, 0.25) is 10.0 Å². The monoisotopic (exact) mass is 511 g/mol. The number of fused-ring (bicyclic) bond motifs is 1. The van der Waals surface area contributed by atoms with Gasteiger partial charge in [0.05, 0.1) is 15.6 Å². The van der Waals surface area contributed by atoms with Crippen molar-refractivity contribution >= 4 is 51.8 Å². The molecule has 0 aliphatic rings. The minimum Gasteiger partial charge on any atom is -0.484 e. The van der Waals surface area contributed by atoms with Crippen molar-refractivity contribution in [2.24, 2.45) is 7.05 Å². The molecule has 0 radical (unpaired) electrons. The summed E-state index contributed by atoms with van der Waals surface area (Å²) >= 11 is 12.6. The summed E-state index contributed by atoms with van der Waals surface area (Å²) in [6.45, 7) is 3.71. The van der Waals surface area contributed by atoms with Gasteiger partial charge in [-0.1, -0.05) is 29.3 Å². The van der Waals surface area contributed by atoms with E-state index >= 15 is 0 Å². The molecular formula is C25H23Cl2N5O3. The van der Waals surface area contributed by atoms with Gasteiger partial charge in [0.2, 0.25) is 5.95 Å². The van der Waals surface area contributed by atoms with Gasteiger partial charge in [0.1, 0.15) is 11.4 Å². The first-order valence-electron chi connectivity index (χ1n) is 10.8. The summed E-state index contributed by atoms with van der Waals surface area (Å²) in [5.74, 6) is 0.695. The summed E-state index contributed by atoms with van der Waals surface area (Å²) in [5, 5.41) is 7.32. The van der Waals surface area contributed by atoms with Crippen LogP contribution in [0.3, 0.4) is 0 Å². The number of aryl methyl sites for hydroxylation is 1. The van der Waals surface area contributed by atoms with Crippen LogP contribution >= 0.6 is 23.2 Å². The lowest BCUT2D eigenvalue weighted by atomic mass is 10.1. The number of hydrogen-bond acceptors (Lipinski definition) is 6. The third-order valence-electron chi connectivity index (χ3n) is 5.11. The maximum atomic E-state index is 13.1. The van der Waals surface area contributed by atoms with E-state index in [0.717, 1.165) is 0 Å². The van der Waals surface area contributed by atoms with E-state index in [2.05, 4.69) is 20.6 Å². The van der Waals surface area contributed by atoms with Crippen LogP contribution in [-0.2, 0) is 11.8 Å². The molecule has 4 rings (SSSR count). The number of hydrogen-bond donors (Lipinski definition) is 2. The van der Waals surface area contributed by atoms with Gasteiger partial charge < -0.3 is 15.4 Å². The first-order chi connectivity index (χ1) is 16.7. The Labute approximate surface area is 211 Å². The normalized spacial score (nSPS) is 11.0. The number of pyridine rings is 1. The van der Waals surface area contributed by atoms with Gasteiger partial charge >= 0.3 is 0 Å². The lowest BCUT2D eigenvalue weighted by Gasteiger charge is -2.12. The number of amides is 1. The summed E-state index contributed by atoms with van der Waals surface area (Å²) in [4.78, 5) is 33.7. The zero-order chi connectivity index (χ0) is 25.1. The summed E-state index contributed by atoms with van der Waals surface area (Å²) in [6.07, 6.45) is 1.63. The van der Waals surface area contributed by atoms with Gasteiger partial charge in [-0.25, -0.2) is 4.98 Å². The Morgan fingerprint density at radius 2 is 1.80 bits per heavy atom. The van der Waals surface area contributed by atoms with E-state index in [4.69, 9.17) is 27.9 Å². The number of rotatable bonds is 7. The second kappa shape index (κ2) is 10.3. The van der Waals surface area contributed by atoms with Crippen molar-refractivity contribution in [3.05, 3.63) is 75.1 Å². The molecule has 2 heterocycles. The molecule has 0 saturated carbocycles. The topological polar surface area (TPSA) is 98.1 Å². The fourth-order valence-corrected chi connectivity index (χ4v) is 4.12. The van der Waals surface area contributed by atoms with Gasteiger partial charge in [0.25, 0.3) is 11.5 Å². The van der Waals surface area contributed by atoms with E-state index in [1.54, 1.807) is 61.8 Å². The Morgan fingerprint density at radius 3 is 2.46 bits per heavy atom. The number of nitrogens with one attached hydrogen (secondary N) is 2. The molecule has 0 bridgehead atoms. The average Bonchev–Trinajstić information content (AvgIpc) is 2.81. The minimum absolute atomic E-state index is 0.0552. The van der Waals surface area contributed by atoms with Crippen molar-refractivity contribution in [1.29, 1.82) is 0 Å². The van der Waals surface area contributed by atoms with Gasteiger partial charge in [0, 0.05) is 35.9 Å². The number of aromatic nitrogens is 3. The second-order valence-corrected chi connectivity index (χ2v) is 8.97. The molecule has 2 aromatic heterocycles. The Bertz CT molecular complexity index is 1430. The first kappa shape index (κ1) is 24.5. The molecule has 4 aromatic rings. The minimum atomic E-state index is -0.278. The SMILES string of the molecule is CC(C)NC(=O)COc1ccc(Nc2ncc3cc(-c4c(Cl)cccc4Cl)c(=O)n(C)c3n2)cc1. The Morgan fingerprint density at radius 1 is 1.11 bits per heavy atom. The fourth-order valence-electron chi connectivity index (χ4n) is 3.52. The lowest BCUT2D eigenvalue weighted by molar-refractivity contribution is -0.123. The molecule has 2 aromatic carbocycles. The van der Waals surface area contributed by atoms with Crippen molar-refractivity contribution < 1.29 is 9.53 Å². The highest BCUT2D eigenvalue weighted by atomic mass is 35.5. The van der Waals surface area contributed by atoms with Crippen molar-refractivity contribution in [2.75, 3.05) is 11.9 Å². The summed E-state index contributed by atoms with van der Waals surface area (Å²) in [7, 11) is 1.64. The Balaban J connectivity index is 1.55. The lowest BCUT2D eigenvalue weighted by Crippen LogP contribution is -2.34. The molecule has 180 valence electrons.